The predicted octanol–water partition coefficient (Wildman–Crippen LogP) is 2.62. The van der Waals surface area contributed by atoms with Gasteiger partial charge in [-0.1, -0.05) is 5.16 Å². The van der Waals surface area contributed by atoms with E-state index in [1.807, 2.05) is 19.1 Å². The van der Waals surface area contributed by atoms with Crippen LogP contribution in [0, 0.1) is 12.8 Å². The molecule has 0 spiro atoms. The van der Waals surface area contributed by atoms with Gasteiger partial charge in [-0.15, -0.1) is 0 Å². The van der Waals surface area contributed by atoms with Crippen LogP contribution in [0.2, 0.25) is 0 Å². The van der Waals surface area contributed by atoms with Crippen LogP contribution in [0.25, 0.3) is 0 Å². The Balaban J connectivity index is 1.36. The quantitative estimate of drug-likeness (QED) is 0.882. The number of aryl methyl sites for hydroxylation is 1. The minimum Gasteiger partial charge on any atom is -0.393 e. The second-order valence-electron chi connectivity index (χ2n) is 6.86. The van der Waals surface area contributed by atoms with Crippen LogP contribution in [0.3, 0.4) is 0 Å². The van der Waals surface area contributed by atoms with Crippen LogP contribution in [0.15, 0.2) is 22.9 Å². The van der Waals surface area contributed by atoms with E-state index in [2.05, 4.69) is 20.4 Å². The Kier molecular flexibility index (Phi) is 3.77. The predicted molar refractivity (Wildman–Crippen MR) is 85.2 cm³/mol. The van der Waals surface area contributed by atoms with Crippen LogP contribution in [0.4, 0.5) is 5.82 Å². The van der Waals surface area contributed by atoms with Crippen LogP contribution in [-0.4, -0.2) is 32.9 Å². The van der Waals surface area contributed by atoms with Gasteiger partial charge in [0.15, 0.2) is 5.82 Å². The van der Waals surface area contributed by atoms with E-state index in [9.17, 15) is 5.11 Å². The van der Waals surface area contributed by atoms with Crippen molar-refractivity contribution in [3.8, 4) is 0 Å². The number of rotatable bonds is 5. The Morgan fingerprint density at radius 3 is 2.96 bits per heavy atom. The van der Waals surface area contributed by atoms with Crippen LogP contribution in [0.5, 0.6) is 0 Å². The van der Waals surface area contributed by atoms with Gasteiger partial charge in [0.2, 0.25) is 5.89 Å². The number of aliphatic hydroxyl groups excluding tert-OH is 1. The van der Waals surface area contributed by atoms with E-state index < -0.39 is 0 Å². The summed E-state index contributed by atoms with van der Waals surface area (Å²) in [6.07, 6.45) is 5.36. The Morgan fingerprint density at radius 1 is 1.30 bits per heavy atom. The summed E-state index contributed by atoms with van der Waals surface area (Å²) in [5.74, 6) is 3.25. The third-order valence-corrected chi connectivity index (χ3v) is 4.87. The molecule has 4 rings (SSSR count). The first kappa shape index (κ1) is 14.6. The van der Waals surface area contributed by atoms with Crippen LogP contribution < -0.4 is 5.32 Å². The third-order valence-electron chi connectivity index (χ3n) is 4.87. The molecule has 6 heteroatoms. The molecule has 6 nitrogen and oxygen atoms in total. The van der Waals surface area contributed by atoms with Gasteiger partial charge in [-0.2, -0.15) is 4.98 Å². The van der Waals surface area contributed by atoms with Gasteiger partial charge in [0.1, 0.15) is 5.82 Å². The second-order valence-corrected chi connectivity index (χ2v) is 6.86. The normalized spacial score (nSPS) is 27.3. The second kappa shape index (κ2) is 5.92. The van der Waals surface area contributed by atoms with Crippen molar-refractivity contribution < 1.29 is 9.63 Å². The molecule has 0 bridgehead atoms. The number of nitrogens with zero attached hydrogens (tertiary/aromatic N) is 3. The largest absolute Gasteiger partial charge is 0.393 e. The van der Waals surface area contributed by atoms with Gasteiger partial charge in [-0.25, -0.2) is 4.98 Å². The number of aliphatic hydroxyl groups is 1. The van der Waals surface area contributed by atoms with Gasteiger partial charge >= 0.3 is 0 Å². The molecule has 0 radical (unpaired) electrons. The topological polar surface area (TPSA) is 84.1 Å². The molecular weight excluding hydrogens is 292 g/mol. The van der Waals surface area contributed by atoms with E-state index >= 15 is 0 Å². The maximum atomic E-state index is 10.3. The molecular formula is C17H22N4O2. The monoisotopic (exact) mass is 314 g/mol. The Labute approximate surface area is 135 Å². The number of aromatic nitrogens is 3. The molecule has 2 aliphatic rings. The van der Waals surface area contributed by atoms with E-state index in [4.69, 9.17) is 4.52 Å². The fourth-order valence-corrected chi connectivity index (χ4v) is 3.31. The van der Waals surface area contributed by atoms with Gasteiger partial charge in [0.05, 0.1) is 6.10 Å². The minimum absolute atomic E-state index is 0.169. The molecule has 2 aromatic heterocycles. The fourth-order valence-electron chi connectivity index (χ4n) is 3.31. The highest BCUT2D eigenvalue weighted by atomic mass is 16.5. The number of pyridine rings is 1. The van der Waals surface area contributed by atoms with Gasteiger partial charge < -0.3 is 14.9 Å². The van der Waals surface area contributed by atoms with Crippen LogP contribution in [0.1, 0.15) is 54.8 Å². The standard InChI is InChI=1S/C17H22N4O2/c1-10-4-5-18-15(6-10)19-9-13-7-12(8-14(13)22)17-20-16(21-23-17)11-2-3-11/h4-6,11-14,22H,2-3,7-9H2,1H3,(H,18,19)/t12-,13+,14+/m0/s1. The molecule has 2 heterocycles. The van der Waals surface area contributed by atoms with Gasteiger partial charge in [-0.3, -0.25) is 0 Å². The molecule has 2 fully saturated rings. The maximum Gasteiger partial charge on any atom is 0.229 e. The Hall–Kier alpha value is -1.95. The van der Waals surface area contributed by atoms with Gasteiger partial charge in [0, 0.05) is 30.5 Å². The maximum absolute atomic E-state index is 10.3. The number of anilines is 1. The molecule has 23 heavy (non-hydrogen) atoms. The molecule has 0 aliphatic heterocycles. The van der Waals surface area contributed by atoms with Crippen molar-refractivity contribution in [2.45, 2.75) is 50.5 Å². The lowest BCUT2D eigenvalue weighted by atomic mass is 10.0. The summed E-state index contributed by atoms with van der Waals surface area (Å²) >= 11 is 0. The molecule has 0 aromatic carbocycles. The van der Waals surface area contributed by atoms with Crippen LogP contribution in [-0.2, 0) is 0 Å². The fraction of sp³-hybridized carbons (Fsp3) is 0.588. The van der Waals surface area contributed by atoms with E-state index in [1.165, 1.54) is 18.4 Å². The van der Waals surface area contributed by atoms with Crippen molar-refractivity contribution in [3.05, 3.63) is 35.6 Å². The summed E-state index contributed by atoms with van der Waals surface area (Å²) in [7, 11) is 0. The highest BCUT2D eigenvalue weighted by molar-refractivity contribution is 5.37. The van der Waals surface area contributed by atoms with E-state index in [0.717, 1.165) is 18.1 Å². The molecule has 2 N–H and O–H groups in total. The summed E-state index contributed by atoms with van der Waals surface area (Å²) in [4.78, 5) is 8.83. The summed E-state index contributed by atoms with van der Waals surface area (Å²) < 4.78 is 5.42. The van der Waals surface area contributed by atoms with E-state index in [-0.39, 0.29) is 17.9 Å². The zero-order valence-electron chi connectivity index (χ0n) is 13.3. The lowest BCUT2D eigenvalue weighted by Gasteiger charge is -2.15. The molecule has 0 amide bonds. The molecule has 2 saturated carbocycles. The molecule has 2 aliphatic carbocycles. The van der Waals surface area contributed by atoms with Crippen molar-refractivity contribution >= 4 is 5.82 Å². The first-order valence-corrected chi connectivity index (χ1v) is 8.37. The van der Waals surface area contributed by atoms with E-state index in [0.29, 0.717) is 24.8 Å². The van der Waals surface area contributed by atoms with Crippen molar-refractivity contribution in [2.75, 3.05) is 11.9 Å². The highest BCUT2D eigenvalue weighted by Gasteiger charge is 2.38. The average Bonchev–Trinajstić information content (AvgIpc) is 3.15. The zero-order chi connectivity index (χ0) is 15.8. The molecule has 2 aromatic rings. The zero-order valence-corrected chi connectivity index (χ0v) is 13.3. The van der Waals surface area contributed by atoms with Crippen molar-refractivity contribution in [1.82, 2.24) is 15.1 Å². The minimum atomic E-state index is -0.339. The number of hydrogen-bond donors (Lipinski definition) is 2. The molecule has 3 atom stereocenters. The number of hydrogen-bond acceptors (Lipinski definition) is 6. The van der Waals surface area contributed by atoms with Crippen molar-refractivity contribution in [1.29, 1.82) is 0 Å². The lowest BCUT2D eigenvalue weighted by Crippen LogP contribution is -2.22. The molecule has 122 valence electrons. The molecule has 0 saturated heterocycles. The van der Waals surface area contributed by atoms with Gasteiger partial charge in [0.25, 0.3) is 0 Å². The summed E-state index contributed by atoms with van der Waals surface area (Å²) in [6.45, 7) is 2.75. The average molecular weight is 314 g/mol. The summed E-state index contributed by atoms with van der Waals surface area (Å²) in [6, 6.07) is 3.98. The SMILES string of the molecule is Cc1ccnc(NC[C@H]2C[C@H](c3nc(C4CC4)no3)C[C@H]2O)c1. The van der Waals surface area contributed by atoms with Crippen molar-refractivity contribution in [2.24, 2.45) is 5.92 Å². The third kappa shape index (κ3) is 3.22. The van der Waals surface area contributed by atoms with Crippen LogP contribution >= 0.6 is 0 Å². The Bertz CT molecular complexity index is 683. The van der Waals surface area contributed by atoms with Crippen molar-refractivity contribution in [3.63, 3.8) is 0 Å². The Morgan fingerprint density at radius 2 is 2.17 bits per heavy atom. The highest BCUT2D eigenvalue weighted by Crippen LogP contribution is 2.41. The summed E-state index contributed by atoms with van der Waals surface area (Å²) in [5.41, 5.74) is 1.17. The molecule has 0 unspecified atom stereocenters. The number of nitrogens with one attached hydrogen (secondary N) is 1. The first-order chi connectivity index (χ1) is 11.2. The smallest absolute Gasteiger partial charge is 0.229 e. The van der Waals surface area contributed by atoms with Gasteiger partial charge in [-0.05, 0) is 50.3 Å². The first-order valence-electron chi connectivity index (χ1n) is 8.37. The lowest BCUT2D eigenvalue weighted by molar-refractivity contribution is 0.137. The summed E-state index contributed by atoms with van der Waals surface area (Å²) in [5, 5.41) is 17.7. The van der Waals surface area contributed by atoms with E-state index in [1.54, 1.807) is 6.20 Å².